The third-order valence-corrected chi connectivity index (χ3v) is 5.24. The summed E-state index contributed by atoms with van der Waals surface area (Å²) in [6.07, 6.45) is 1.44. The van der Waals surface area contributed by atoms with Gasteiger partial charge in [-0.15, -0.1) is 21.5 Å². The Hall–Kier alpha value is -3.32. The predicted molar refractivity (Wildman–Crippen MR) is 112 cm³/mol. The fourth-order valence-corrected chi connectivity index (χ4v) is 3.64. The molecule has 0 radical (unpaired) electrons. The molecular formula is C22H20N4O2S. The summed E-state index contributed by atoms with van der Waals surface area (Å²) < 4.78 is 5.63. The molecule has 0 aliphatic rings. The largest absolute Gasteiger partial charge is 0.421 e. The summed E-state index contributed by atoms with van der Waals surface area (Å²) in [5, 5.41) is 14.0. The molecule has 7 heteroatoms. The van der Waals surface area contributed by atoms with Crippen LogP contribution in [0, 0.1) is 0 Å². The molecule has 2 aromatic heterocycles. The highest BCUT2D eigenvalue weighted by Gasteiger charge is 2.10. The highest BCUT2D eigenvalue weighted by molar-refractivity contribution is 7.09. The molecule has 0 bridgehead atoms. The number of aromatic nitrogens is 3. The first-order valence-corrected chi connectivity index (χ1v) is 10.3. The van der Waals surface area contributed by atoms with Gasteiger partial charge in [-0.25, -0.2) is 4.98 Å². The molecule has 2 heterocycles. The van der Waals surface area contributed by atoms with Crippen molar-refractivity contribution in [3.05, 3.63) is 76.9 Å². The number of nitrogens with one attached hydrogen (secondary N) is 1. The van der Waals surface area contributed by atoms with Crippen molar-refractivity contribution in [1.82, 2.24) is 20.5 Å². The number of carbonyl (C=O) groups is 1. The van der Waals surface area contributed by atoms with Gasteiger partial charge in [0, 0.05) is 42.3 Å². The minimum atomic E-state index is -0.0377. The maximum atomic E-state index is 12.1. The summed E-state index contributed by atoms with van der Waals surface area (Å²) in [5.74, 6) is 0.898. The quantitative estimate of drug-likeness (QED) is 0.477. The van der Waals surface area contributed by atoms with E-state index in [1.54, 1.807) is 11.3 Å². The van der Waals surface area contributed by atoms with Crippen molar-refractivity contribution in [1.29, 1.82) is 0 Å². The van der Waals surface area contributed by atoms with Gasteiger partial charge in [0.15, 0.2) is 0 Å². The standard InChI is InChI=1S/C22H20N4O2S/c27-19(11-12-20-25-26-22(28-20)17-9-5-2-6-10-17)23-14-13-21-24-18(15-29-21)16-7-3-1-4-8-16/h1-10,15H,11-14H2,(H,23,27). The zero-order valence-corrected chi connectivity index (χ0v) is 16.6. The molecule has 1 N–H and O–H groups in total. The molecule has 0 unspecified atom stereocenters. The molecule has 0 saturated carbocycles. The van der Waals surface area contributed by atoms with Crippen LogP contribution in [0.3, 0.4) is 0 Å². The minimum absolute atomic E-state index is 0.0377. The molecule has 0 aliphatic heterocycles. The van der Waals surface area contributed by atoms with E-state index in [9.17, 15) is 4.79 Å². The molecule has 0 atom stereocenters. The van der Waals surface area contributed by atoms with Gasteiger partial charge in [-0.1, -0.05) is 48.5 Å². The third-order valence-electron chi connectivity index (χ3n) is 4.34. The monoisotopic (exact) mass is 404 g/mol. The number of amides is 1. The molecule has 146 valence electrons. The smallest absolute Gasteiger partial charge is 0.247 e. The Labute approximate surface area is 172 Å². The first-order valence-electron chi connectivity index (χ1n) is 9.42. The minimum Gasteiger partial charge on any atom is -0.421 e. The normalized spacial score (nSPS) is 10.8. The molecule has 1 amide bonds. The van der Waals surface area contributed by atoms with Crippen LogP contribution in [0.25, 0.3) is 22.7 Å². The Morgan fingerprint density at radius 2 is 1.66 bits per heavy atom. The van der Waals surface area contributed by atoms with Gasteiger partial charge in [-0.3, -0.25) is 4.79 Å². The van der Waals surface area contributed by atoms with Crippen LogP contribution in [0.2, 0.25) is 0 Å². The Balaban J connectivity index is 1.21. The van der Waals surface area contributed by atoms with Crippen molar-refractivity contribution >= 4 is 17.2 Å². The van der Waals surface area contributed by atoms with Crippen molar-refractivity contribution in [2.45, 2.75) is 19.3 Å². The van der Waals surface area contributed by atoms with Crippen molar-refractivity contribution in [3.63, 3.8) is 0 Å². The number of thiazole rings is 1. The molecule has 6 nitrogen and oxygen atoms in total. The number of hydrogen-bond donors (Lipinski definition) is 1. The Bertz CT molecular complexity index is 1060. The summed E-state index contributed by atoms with van der Waals surface area (Å²) in [6.45, 7) is 0.555. The zero-order chi connectivity index (χ0) is 19.9. The Kier molecular flexibility index (Phi) is 6.07. The van der Waals surface area contributed by atoms with Crippen molar-refractivity contribution in [2.24, 2.45) is 0 Å². The molecule has 0 spiro atoms. The van der Waals surface area contributed by atoms with Crippen LogP contribution in [0.4, 0.5) is 0 Å². The van der Waals surface area contributed by atoms with Crippen LogP contribution >= 0.6 is 11.3 Å². The first-order chi connectivity index (χ1) is 14.3. The number of carbonyl (C=O) groups excluding carboxylic acids is 1. The van der Waals surface area contributed by atoms with E-state index in [2.05, 4.69) is 20.5 Å². The Morgan fingerprint density at radius 1 is 0.931 bits per heavy atom. The SMILES string of the molecule is O=C(CCc1nnc(-c2ccccc2)o1)NCCc1nc(-c2ccccc2)cs1. The number of aryl methyl sites for hydroxylation is 1. The molecule has 0 aliphatic carbocycles. The fraction of sp³-hybridized carbons (Fsp3) is 0.182. The van der Waals surface area contributed by atoms with Gasteiger partial charge >= 0.3 is 0 Å². The zero-order valence-electron chi connectivity index (χ0n) is 15.7. The second-order valence-electron chi connectivity index (χ2n) is 6.46. The second-order valence-corrected chi connectivity index (χ2v) is 7.40. The molecule has 29 heavy (non-hydrogen) atoms. The van der Waals surface area contributed by atoms with Crippen LogP contribution in [0.1, 0.15) is 17.3 Å². The van der Waals surface area contributed by atoms with E-state index in [1.165, 1.54) is 0 Å². The van der Waals surface area contributed by atoms with Gasteiger partial charge in [0.05, 0.1) is 10.7 Å². The average molecular weight is 404 g/mol. The summed E-state index contributed by atoms with van der Waals surface area (Å²) in [6, 6.07) is 19.7. The molecule has 0 saturated heterocycles. The topological polar surface area (TPSA) is 80.9 Å². The van der Waals surface area contributed by atoms with Gasteiger partial charge < -0.3 is 9.73 Å². The highest BCUT2D eigenvalue weighted by atomic mass is 32.1. The lowest BCUT2D eigenvalue weighted by Crippen LogP contribution is -2.25. The molecule has 0 fully saturated rings. The number of rotatable bonds is 8. The van der Waals surface area contributed by atoms with Gasteiger partial charge in [0.25, 0.3) is 0 Å². The molecule has 2 aromatic carbocycles. The molecule has 4 rings (SSSR count). The van der Waals surface area contributed by atoms with Crippen molar-refractivity contribution in [2.75, 3.05) is 6.54 Å². The lowest BCUT2D eigenvalue weighted by Gasteiger charge is -2.02. The van der Waals surface area contributed by atoms with Crippen LogP contribution in [0.5, 0.6) is 0 Å². The predicted octanol–water partition coefficient (Wildman–Crippen LogP) is 4.15. The summed E-state index contributed by atoms with van der Waals surface area (Å²) in [5.41, 5.74) is 2.95. The van der Waals surface area contributed by atoms with Crippen molar-refractivity contribution in [3.8, 4) is 22.7 Å². The number of nitrogens with zero attached hydrogens (tertiary/aromatic N) is 3. The van der Waals surface area contributed by atoms with Crippen LogP contribution in [-0.4, -0.2) is 27.6 Å². The van der Waals surface area contributed by atoms with Gasteiger partial charge in [-0.05, 0) is 12.1 Å². The van der Waals surface area contributed by atoms with Gasteiger partial charge in [0.2, 0.25) is 17.7 Å². The lowest BCUT2D eigenvalue weighted by atomic mass is 10.2. The van der Waals surface area contributed by atoms with E-state index in [4.69, 9.17) is 4.42 Å². The first kappa shape index (κ1) is 19.0. The van der Waals surface area contributed by atoms with Gasteiger partial charge in [-0.2, -0.15) is 0 Å². The van der Waals surface area contributed by atoms with E-state index in [1.807, 2.05) is 66.0 Å². The maximum Gasteiger partial charge on any atom is 0.247 e. The fourth-order valence-electron chi connectivity index (χ4n) is 2.84. The third kappa shape index (κ3) is 5.14. The average Bonchev–Trinajstić information content (AvgIpc) is 3.44. The number of hydrogen-bond acceptors (Lipinski definition) is 6. The van der Waals surface area contributed by atoms with E-state index in [0.717, 1.165) is 21.8 Å². The maximum absolute atomic E-state index is 12.1. The second kappa shape index (κ2) is 9.25. The summed E-state index contributed by atoms with van der Waals surface area (Å²) in [7, 11) is 0. The van der Waals surface area contributed by atoms with Gasteiger partial charge in [0.1, 0.15) is 0 Å². The van der Waals surface area contributed by atoms with Crippen LogP contribution in [-0.2, 0) is 17.6 Å². The van der Waals surface area contributed by atoms with E-state index < -0.39 is 0 Å². The number of benzene rings is 2. The van der Waals surface area contributed by atoms with E-state index in [-0.39, 0.29) is 5.91 Å². The lowest BCUT2D eigenvalue weighted by molar-refractivity contribution is -0.121. The summed E-state index contributed by atoms with van der Waals surface area (Å²) >= 11 is 1.61. The van der Waals surface area contributed by atoms with Crippen LogP contribution < -0.4 is 5.32 Å². The van der Waals surface area contributed by atoms with E-state index >= 15 is 0 Å². The summed E-state index contributed by atoms with van der Waals surface area (Å²) in [4.78, 5) is 16.7. The molecular weight excluding hydrogens is 384 g/mol. The highest BCUT2D eigenvalue weighted by Crippen LogP contribution is 2.21. The van der Waals surface area contributed by atoms with Crippen LogP contribution in [0.15, 0.2) is 70.5 Å². The van der Waals surface area contributed by atoms with E-state index in [0.29, 0.717) is 37.6 Å². The van der Waals surface area contributed by atoms with Crippen molar-refractivity contribution < 1.29 is 9.21 Å². The molecule has 4 aromatic rings. The Morgan fingerprint density at radius 3 is 2.41 bits per heavy atom.